The summed E-state index contributed by atoms with van der Waals surface area (Å²) in [6.45, 7) is 1.81. The molecule has 2 aromatic carbocycles. The Balaban J connectivity index is 1.99. The lowest BCUT2D eigenvalue weighted by molar-refractivity contribution is -0.116. The number of urea groups is 1. The number of carbonyl (C=O) groups excluding carboxylic acids is 3. The van der Waals surface area contributed by atoms with Crippen molar-refractivity contribution in [3.05, 3.63) is 59.4 Å². The lowest BCUT2D eigenvalue weighted by atomic mass is 10.1. The molecular formula is C20H23FN4O3. The Morgan fingerprint density at radius 1 is 1.07 bits per heavy atom. The fraction of sp³-hybridized carbons (Fsp3) is 0.250. The molecule has 148 valence electrons. The molecule has 2 aromatic rings. The minimum atomic E-state index is -0.695. The fourth-order valence-electron chi connectivity index (χ4n) is 2.56. The molecule has 0 aliphatic heterocycles. The van der Waals surface area contributed by atoms with Crippen molar-refractivity contribution in [2.75, 3.05) is 31.3 Å². The zero-order chi connectivity index (χ0) is 20.7. The van der Waals surface area contributed by atoms with Gasteiger partial charge in [-0.15, -0.1) is 0 Å². The first-order valence-electron chi connectivity index (χ1n) is 8.77. The van der Waals surface area contributed by atoms with Crippen LogP contribution in [0.15, 0.2) is 42.5 Å². The number of aryl methyl sites for hydroxylation is 1. The Labute approximate surface area is 162 Å². The second-order valence-electron chi connectivity index (χ2n) is 6.12. The predicted molar refractivity (Wildman–Crippen MR) is 106 cm³/mol. The minimum Gasteiger partial charge on any atom is -0.355 e. The average molecular weight is 386 g/mol. The highest BCUT2D eigenvalue weighted by Crippen LogP contribution is 2.16. The monoisotopic (exact) mass is 386 g/mol. The Morgan fingerprint density at radius 3 is 2.46 bits per heavy atom. The van der Waals surface area contributed by atoms with E-state index in [-0.39, 0.29) is 23.7 Å². The first kappa shape index (κ1) is 20.9. The summed E-state index contributed by atoms with van der Waals surface area (Å²) in [6, 6.07) is 10.5. The van der Waals surface area contributed by atoms with Gasteiger partial charge < -0.3 is 20.9 Å². The van der Waals surface area contributed by atoms with Crippen molar-refractivity contribution in [2.24, 2.45) is 0 Å². The normalized spacial score (nSPS) is 10.1. The van der Waals surface area contributed by atoms with Gasteiger partial charge in [0.2, 0.25) is 5.91 Å². The third-order valence-corrected chi connectivity index (χ3v) is 4.09. The number of rotatable bonds is 6. The van der Waals surface area contributed by atoms with Crippen molar-refractivity contribution in [1.29, 1.82) is 0 Å². The van der Waals surface area contributed by atoms with E-state index in [2.05, 4.69) is 16.0 Å². The van der Waals surface area contributed by atoms with Crippen LogP contribution in [0.25, 0.3) is 0 Å². The van der Waals surface area contributed by atoms with E-state index in [1.54, 1.807) is 6.07 Å². The molecule has 28 heavy (non-hydrogen) atoms. The van der Waals surface area contributed by atoms with E-state index in [1.807, 2.05) is 25.1 Å². The SMILES string of the molecule is CCc1ccccc1NC(=O)CN(C)C(=O)Nc1ccc(F)c(C(=O)NC)c1. The molecule has 7 nitrogen and oxygen atoms in total. The molecule has 0 saturated heterocycles. The molecule has 0 aromatic heterocycles. The molecule has 0 unspecified atom stereocenters. The number of para-hydroxylation sites is 1. The summed E-state index contributed by atoms with van der Waals surface area (Å²) >= 11 is 0. The summed E-state index contributed by atoms with van der Waals surface area (Å²) in [7, 11) is 2.85. The third kappa shape index (κ3) is 5.29. The second kappa shape index (κ2) is 9.50. The van der Waals surface area contributed by atoms with Crippen LogP contribution in [0.2, 0.25) is 0 Å². The highest BCUT2D eigenvalue weighted by molar-refractivity contribution is 5.99. The number of amides is 4. The van der Waals surface area contributed by atoms with Gasteiger partial charge in [-0.1, -0.05) is 25.1 Å². The molecule has 0 saturated carbocycles. The van der Waals surface area contributed by atoms with Gasteiger partial charge in [0.1, 0.15) is 12.4 Å². The van der Waals surface area contributed by atoms with Gasteiger partial charge in [-0.2, -0.15) is 0 Å². The lowest BCUT2D eigenvalue weighted by Crippen LogP contribution is -2.37. The van der Waals surface area contributed by atoms with Crippen LogP contribution < -0.4 is 16.0 Å². The standard InChI is InChI=1S/C20H23FN4O3/c1-4-13-7-5-6-8-17(13)24-18(26)12-25(3)20(28)23-14-9-10-16(21)15(11-14)19(27)22-2/h5-11H,4,12H2,1-3H3,(H,22,27)(H,23,28)(H,24,26). The van der Waals surface area contributed by atoms with Crippen LogP contribution in [0.5, 0.6) is 0 Å². The summed E-state index contributed by atoms with van der Waals surface area (Å²) in [5.74, 6) is -1.64. The molecule has 0 radical (unpaired) electrons. The van der Waals surface area contributed by atoms with E-state index < -0.39 is 17.8 Å². The first-order valence-corrected chi connectivity index (χ1v) is 8.77. The molecule has 0 bridgehead atoms. The molecule has 0 fully saturated rings. The molecule has 0 spiro atoms. The number of hydrogen-bond acceptors (Lipinski definition) is 3. The maximum Gasteiger partial charge on any atom is 0.322 e. The molecule has 0 atom stereocenters. The molecule has 2 rings (SSSR count). The highest BCUT2D eigenvalue weighted by Gasteiger charge is 2.16. The van der Waals surface area contributed by atoms with Gasteiger partial charge in [-0.25, -0.2) is 9.18 Å². The molecular weight excluding hydrogens is 363 g/mol. The van der Waals surface area contributed by atoms with Crippen LogP contribution in [0.3, 0.4) is 0 Å². The number of benzene rings is 2. The zero-order valence-corrected chi connectivity index (χ0v) is 16.0. The van der Waals surface area contributed by atoms with E-state index in [0.29, 0.717) is 5.69 Å². The average Bonchev–Trinajstić information content (AvgIpc) is 2.69. The lowest BCUT2D eigenvalue weighted by Gasteiger charge is -2.18. The molecule has 3 N–H and O–H groups in total. The van der Waals surface area contributed by atoms with Gasteiger partial charge >= 0.3 is 6.03 Å². The number of nitrogens with one attached hydrogen (secondary N) is 3. The highest BCUT2D eigenvalue weighted by atomic mass is 19.1. The Morgan fingerprint density at radius 2 is 1.79 bits per heavy atom. The maximum absolute atomic E-state index is 13.7. The summed E-state index contributed by atoms with van der Waals surface area (Å²) in [5, 5.41) is 7.66. The van der Waals surface area contributed by atoms with Crippen molar-refractivity contribution in [1.82, 2.24) is 10.2 Å². The van der Waals surface area contributed by atoms with Crippen molar-refractivity contribution in [3.63, 3.8) is 0 Å². The molecule has 0 heterocycles. The van der Waals surface area contributed by atoms with Crippen LogP contribution in [-0.2, 0) is 11.2 Å². The zero-order valence-electron chi connectivity index (χ0n) is 16.0. The summed E-state index contributed by atoms with van der Waals surface area (Å²) in [4.78, 5) is 37.4. The molecule has 0 aliphatic rings. The van der Waals surface area contributed by atoms with E-state index in [0.717, 1.165) is 18.1 Å². The Bertz CT molecular complexity index is 886. The quantitative estimate of drug-likeness (QED) is 0.713. The smallest absolute Gasteiger partial charge is 0.322 e. The summed E-state index contributed by atoms with van der Waals surface area (Å²) < 4.78 is 13.7. The Kier molecular flexibility index (Phi) is 7.08. The van der Waals surface area contributed by atoms with Crippen LogP contribution in [-0.4, -0.2) is 43.4 Å². The van der Waals surface area contributed by atoms with E-state index in [1.165, 1.54) is 31.1 Å². The van der Waals surface area contributed by atoms with Gasteiger partial charge in [-0.3, -0.25) is 9.59 Å². The molecule has 8 heteroatoms. The van der Waals surface area contributed by atoms with E-state index in [4.69, 9.17) is 0 Å². The first-order chi connectivity index (χ1) is 13.3. The van der Waals surface area contributed by atoms with Crippen LogP contribution in [0, 0.1) is 5.82 Å². The predicted octanol–water partition coefficient (Wildman–Crippen LogP) is 2.85. The maximum atomic E-state index is 13.7. The van der Waals surface area contributed by atoms with Gasteiger partial charge in [0.25, 0.3) is 5.91 Å². The van der Waals surface area contributed by atoms with Gasteiger partial charge in [-0.05, 0) is 36.2 Å². The largest absolute Gasteiger partial charge is 0.355 e. The van der Waals surface area contributed by atoms with Crippen molar-refractivity contribution in [3.8, 4) is 0 Å². The van der Waals surface area contributed by atoms with Crippen LogP contribution in [0.4, 0.5) is 20.6 Å². The molecule has 0 aliphatic carbocycles. The number of nitrogens with zero attached hydrogens (tertiary/aromatic N) is 1. The van der Waals surface area contributed by atoms with Crippen molar-refractivity contribution < 1.29 is 18.8 Å². The molecule has 4 amide bonds. The minimum absolute atomic E-state index is 0.173. The number of likely N-dealkylation sites (N-methyl/N-ethyl adjacent to an activating group) is 1. The number of carbonyl (C=O) groups is 3. The van der Waals surface area contributed by atoms with Gasteiger partial charge in [0, 0.05) is 25.5 Å². The fourth-order valence-corrected chi connectivity index (χ4v) is 2.56. The second-order valence-corrected chi connectivity index (χ2v) is 6.12. The van der Waals surface area contributed by atoms with Crippen molar-refractivity contribution >= 4 is 29.2 Å². The summed E-state index contributed by atoms with van der Waals surface area (Å²) in [5.41, 5.74) is 1.76. The number of anilines is 2. The van der Waals surface area contributed by atoms with E-state index >= 15 is 0 Å². The van der Waals surface area contributed by atoms with Crippen LogP contribution in [0.1, 0.15) is 22.8 Å². The third-order valence-electron chi connectivity index (χ3n) is 4.09. The summed E-state index contributed by atoms with van der Waals surface area (Å²) in [6.07, 6.45) is 0.769. The number of hydrogen-bond donors (Lipinski definition) is 3. The van der Waals surface area contributed by atoms with Gasteiger partial charge in [0.15, 0.2) is 0 Å². The van der Waals surface area contributed by atoms with Gasteiger partial charge in [0.05, 0.1) is 5.56 Å². The van der Waals surface area contributed by atoms with Crippen molar-refractivity contribution in [2.45, 2.75) is 13.3 Å². The van der Waals surface area contributed by atoms with Crippen LogP contribution >= 0.6 is 0 Å². The Hall–Kier alpha value is -3.42. The number of halogens is 1. The van der Waals surface area contributed by atoms with E-state index in [9.17, 15) is 18.8 Å². The topological polar surface area (TPSA) is 90.5 Å².